The van der Waals surface area contributed by atoms with Gasteiger partial charge in [0.25, 0.3) is 0 Å². The molecule has 0 amide bonds. The van der Waals surface area contributed by atoms with E-state index >= 15 is 0 Å². The van der Waals surface area contributed by atoms with E-state index in [2.05, 4.69) is 0 Å². The van der Waals surface area contributed by atoms with Crippen LogP contribution in [0.15, 0.2) is 30.3 Å². The van der Waals surface area contributed by atoms with Crippen molar-refractivity contribution in [3.05, 3.63) is 30.3 Å². The van der Waals surface area contributed by atoms with Crippen LogP contribution in [-0.4, -0.2) is 50.6 Å². The van der Waals surface area contributed by atoms with E-state index in [1.54, 1.807) is 52.1 Å². The van der Waals surface area contributed by atoms with Crippen LogP contribution in [-0.2, 0) is 16.1 Å². The monoisotopic (exact) mass is 400 g/mol. The summed E-state index contributed by atoms with van der Waals surface area (Å²) < 4.78 is 28.6. The first-order chi connectivity index (χ1) is 14.1. The number of nitrogens with zero attached hydrogens (tertiary/aromatic N) is 2. The first-order valence-electron chi connectivity index (χ1n) is 9.06. The van der Waals surface area contributed by atoms with E-state index in [-0.39, 0.29) is 12.5 Å². The minimum atomic E-state index is -0.351. The average molecular weight is 400 g/mol. The molecule has 0 aliphatic carbocycles. The van der Waals surface area contributed by atoms with Crippen LogP contribution in [0.2, 0.25) is 0 Å². The molecule has 0 aliphatic rings. The van der Waals surface area contributed by atoms with Gasteiger partial charge in [-0.05, 0) is 31.2 Å². The Labute approximate surface area is 168 Å². The van der Waals surface area contributed by atoms with Crippen LogP contribution < -0.4 is 18.9 Å². The highest BCUT2D eigenvalue weighted by molar-refractivity contribution is 5.85. The molecule has 0 radical (unpaired) electrons. The maximum absolute atomic E-state index is 12.2. The number of rotatable bonds is 8. The zero-order chi connectivity index (χ0) is 21.0. The summed E-state index contributed by atoms with van der Waals surface area (Å²) in [5.74, 6) is 2.36. The fraction of sp³-hybridized carbons (Fsp3) is 0.333. The standard InChI is InChI=1S/C21H24N2O6/c1-6-29-19(24)12-23-16-8-7-14(25-2)11-15(16)22-21(23)13-9-17(26-3)20(28-5)18(10-13)27-4/h7-11H,6,12H2,1-5H3. The van der Waals surface area contributed by atoms with Gasteiger partial charge in [-0.25, -0.2) is 4.98 Å². The normalized spacial score (nSPS) is 10.7. The molecule has 0 unspecified atom stereocenters. The predicted molar refractivity (Wildman–Crippen MR) is 108 cm³/mol. The Bertz CT molecular complexity index is 1000. The second-order valence-electron chi connectivity index (χ2n) is 6.10. The molecule has 0 bridgehead atoms. The number of benzene rings is 2. The number of esters is 1. The minimum absolute atomic E-state index is 0.0165. The number of carbonyl (C=O) groups is 1. The molecule has 0 atom stereocenters. The van der Waals surface area contributed by atoms with E-state index in [4.69, 9.17) is 28.7 Å². The Balaban J connectivity index is 2.23. The second kappa shape index (κ2) is 8.72. The highest BCUT2D eigenvalue weighted by Crippen LogP contribution is 2.41. The Kier molecular flexibility index (Phi) is 6.11. The fourth-order valence-electron chi connectivity index (χ4n) is 3.16. The number of methoxy groups -OCH3 is 4. The molecule has 0 spiro atoms. The van der Waals surface area contributed by atoms with Crippen molar-refractivity contribution in [2.75, 3.05) is 35.0 Å². The summed E-state index contributed by atoms with van der Waals surface area (Å²) in [6.45, 7) is 2.09. The van der Waals surface area contributed by atoms with Crippen LogP contribution in [0.25, 0.3) is 22.4 Å². The summed E-state index contributed by atoms with van der Waals surface area (Å²) in [4.78, 5) is 17.0. The van der Waals surface area contributed by atoms with Crippen LogP contribution in [0.1, 0.15) is 6.92 Å². The topological polar surface area (TPSA) is 81.0 Å². The molecule has 3 aromatic rings. The molecule has 0 aliphatic heterocycles. The van der Waals surface area contributed by atoms with Gasteiger partial charge in [0.1, 0.15) is 18.1 Å². The molecular weight excluding hydrogens is 376 g/mol. The molecule has 8 heteroatoms. The van der Waals surface area contributed by atoms with E-state index in [0.29, 0.717) is 46.5 Å². The Morgan fingerprint density at radius 3 is 2.21 bits per heavy atom. The van der Waals surface area contributed by atoms with Crippen LogP contribution in [0.3, 0.4) is 0 Å². The number of hydrogen-bond acceptors (Lipinski definition) is 7. The van der Waals surface area contributed by atoms with E-state index in [1.807, 2.05) is 18.2 Å². The number of imidazole rings is 1. The molecule has 154 valence electrons. The maximum atomic E-state index is 12.2. The SMILES string of the molecule is CCOC(=O)Cn1c(-c2cc(OC)c(OC)c(OC)c2)nc2cc(OC)ccc21. The molecule has 2 aromatic carbocycles. The summed E-state index contributed by atoms with van der Waals surface area (Å²) in [5, 5.41) is 0. The zero-order valence-corrected chi connectivity index (χ0v) is 17.1. The Hall–Kier alpha value is -3.42. The molecule has 1 aromatic heterocycles. The molecule has 8 nitrogen and oxygen atoms in total. The summed E-state index contributed by atoms with van der Waals surface area (Å²) in [6, 6.07) is 9.09. The predicted octanol–water partition coefficient (Wildman–Crippen LogP) is 3.30. The van der Waals surface area contributed by atoms with Crippen molar-refractivity contribution >= 4 is 17.0 Å². The highest BCUT2D eigenvalue weighted by Gasteiger charge is 2.20. The summed E-state index contributed by atoms with van der Waals surface area (Å²) >= 11 is 0. The quantitative estimate of drug-likeness (QED) is 0.537. The van der Waals surface area contributed by atoms with Gasteiger partial charge in [0.05, 0.1) is 46.1 Å². The van der Waals surface area contributed by atoms with Gasteiger partial charge in [-0.3, -0.25) is 4.79 Å². The van der Waals surface area contributed by atoms with Gasteiger partial charge in [0, 0.05) is 11.6 Å². The smallest absolute Gasteiger partial charge is 0.326 e. The number of ether oxygens (including phenoxy) is 5. The van der Waals surface area contributed by atoms with Gasteiger partial charge in [0.2, 0.25) is 5.75 Å². The van der Waals surface area contributed by atoms with Gasteiger partial charge in [-0.2, -0.15) is 0 Å². The fourth-order valence-corrected chi connectivity index (χ4v) is 3.16. The number of carbonyl (C=O) groups excluding carboxylic acids is 1. The maximum Gasteiger partial charge on any atom is 0.326 e. The lowest BCUT2D eigenvalue weighted by molar-refractivity contribution is -0.143. The van der Waals surface area contributed by atoms with Crippen molar-refractivity contribution in [3.63, 3.8) is 0 Å². The van der Waals surface area contributed by atoms with Gasteiger partial charge in [-0.15, -0.1) is 0 Å². The number of aromatic nitrogens is 2. The van der Waals surface area contributed by atoms with E-state index in [0.717, 1.165) is 5.52 Å². The molecule has 1 heterocycles. The van der Waals surface area contributed by atoms with Crippen LogP contribution in [0.4, 0.5) is 0 Å². The van der Waals surface area contributed by atoms with Crippen LogP contribution in [0, 0.1) is 0 Å². The van der Waals surface area contributed by atoms with Crippen molar-refractivity contribution in [2.45, 2.75) is 13.5 Å². The molecule has 0 fully saturated rings. The summed E-state index contributed by atoms with van der Waals surface area (Å²) in [6.07, 6.45) is 0. The van der Waals surface area contributed by atoms with Gasteiger partial charge in [0.15, 0.2) is 11.5 Å². The van der Waals surface area contributed by atoms with Gasteiger partial charge >= 0.3 is 5.97 Å². The third kappa shape index (κ3) is 3.91. The second-order valence-corrected chi connectivity index (χ2v) is 6.10. The molecular formula is C21H24N2O6. The lowest BCUT2D eigenvalue weighted by Crippen LogP contribution is -2.14. The van der Waals surface area contributed by atoms with Crippen molar-refractivity contribution in [2.24, 2.45) is 0 Å². The molecule has 29 heavy (non-hydrogen) atoms. The third-order valence-corrected chi connectivity index (χ3v) is 4.47. The van der Waals surface area contributed by atoms with E-state index in [1.165, 1.54) is 0 Å². The average Bonchev–Trinajstić information content (AvgIpc) is 3.09. The first-order valence-corrected chi connectivity index (χ1v) is 9.06. The van der Waals surface area contributed by atoms with E-state index in [9.17, 15) is 4.79 Å². The van der Waals surface area contributed by atoms with Crippen molar-refractivity contribution in [1.82, 2.24) is 9.55 Å². The van der Waals surface area contributed by atoms with Crippen molar-refractivity contribution in [1.29, 1.82) is 0 Å². The third-order valence-electron chi connectivity index (χ3n) is 4.47. The largest absolute Gasteiger partial charge is 0.497 e. The van der Waals surface area contributed by atoms with E-state index < -0.39 is 0 Å². The molecule has 0 saturated carbocycles. The lowest BCUT2D eigenvalue weighted by atomic mass is 10.1. The van der Waals surface area contributed by atoms with Crippen molar-refractivity contribution in [3.8, 4) is 34.4 Å². The minimum Gasteiger partial charge on any atom is -0.497 e. The van der Waals surface area contributed by atoms with Crippen molar-refractivity contribution < 1.29 is 28.5 Å². The molecule has 3 rings (SSSR count). The number of hydrogen-bond donors (Lipinski definition) is 0. The van der Waals surface area contributed by atoms with Crippen LogP contribution >= 0.6 is 0 Å². The van der Waals surface area contributed by atoms with Gasteiger partial charge < -0.3 is 28.3 Å². The first kappa shape index (κ1) is 20.3. The summed E-state index contributed by atoms with van der Waals surface area (Å²) in [5.41, 5.74) is 2.18. The molecule has 0 saturated heterocycles. The van der Waals surface area contributed by atoms with Gasteiger partial charge in [-0.1, -0.05) is 0 Å². The van der Waals surface area contributed by atoms with Crippen LogP contribution in [0.5, 0.6) is 23.0 Å². The number of fused-ring (bicyclic) bond motifs is 1. The Morgan fingerprint density at radius 1 is 0.966 bits per heavy atom. The highest BCUT2D eigenvalue weighted by atomic mass is 16.5. The lowest BCUT2D eigenvalue weighted by Gasteiger charge is -2.15. The zero-order valence-electron chi connectivity index (χ0n) is 17.1. The Morgan fingerprint density at radius 2 is 1.66 bits per heavy atom. The molecule has 0 N–H and O–H groups in total. The summed E-state index contributed by atoms with van der Waals surface area (Å²) in [7, 11) is 6.24.